The zero-order chi connectivity index (χ0) is 12.4. The summed E-state index contributed by atoms with van der Waals surface area (Å²) in [7, 11) is 1.98. The lowest BCUT2D eigenvalue weighted by molar-refractivity contribution is 0.264. The van der Waals surface area contributed by atoms with Crippen molar-refractivity contribution in [3.63, 3.8) is 0 Å². The minimum absolute atomic E-state index is 0.654. The third kappa shape index (κ3) is 2.49. The molecule has 0 amide bonds. The molecule has 3 nitrogen and oxygen atoms in total. The van der Waals surface area contributed by atoms with Crippen LogP contribution in [0.4, 0.5) is 0 Å². The van der Waals surface area contributed by atoms with Gasteiger partial charge in [0.25, 0.3) is 0 Å². The molecular weight excluding hydrogens is 242 g/mol. The molecule has 0 unspecified atom stereocenters. The van der Waals surface area contributed by atoms with E-state index in [9.17, 15) is 0 Å². The van der Waals surface area contributed by atoms with E-state index in [1.54, 1.807) is 0 Å². The van der Waals surface area contributed by atoms with E-state index in [-0.39, 0.29) is 0 Å². The van der Waals surface area contributed by atoms with Gasteiger partial charge in [0.2, 0.25) is 0 Å². The minimum atomic E-state index is 0.654. The van der Waals surface area contributed by atoms with Crippen LogP contribution in [0.15, 0.2) is 29.9 Å². The Hall–Kier alpha value is -1.13. The van der Waals surface area contributed by atoms with Gasteiger partial charge in [-0.3, -0.25) is 9.58 Å². The number of hydrogen-bond donors (Lipinski definition) is 0. The molecule has 1 atom stereocenters. The monoisotopic (exact) mass is 261 g/mol. The van der Waals surface area contributed by atoms with Crippen LogP contribution in [0.25, 0.3) is 0 Å². The van der Waals surface area contributed by atoms with Gasteiger partial charge in [-0.25, -0.2) is 0 Å². The summed E-state index contributed by atoms with van der Waals surface area (Å²) in [4.78, 5) is 4.15. The van der Waals surface area contributed by atoms with Crippen LogP contribution in [0, 0.1) is 0 Å². The second kappa shape index (κ2) is 5.24. The van der Waals surface area contributed by atoms with E-state index in [0.29, 0.717) is 6.04 Å². The van der Waals surface area contributed by atoms with Gasteiger partial charge in [-0.05, 0) is 42.8 Å². The minimum Gasteiger partial charge on any atom is -0.295 e. The summed E-state index contributed by atoms with van der Waals surface area (Å²) in [5, 5.41) is 6.42. The van der Waals surface area contributed by atoms with Gasteiger partial charge in [-0.2, -0.15) is 5.10 Å². The van der Waals surface area contributed by atoms with Crippen LogP contribution >= 0.6 is 11.3 Å². The molecule has 2 aromatic heterocycles. The predicted octanol–water partition coefficient (Wildman–Crippen LogP) is 2.86. The summed E-state index contributed by atoms with van der Waals surface area (Å²) in [6.07, 6.45) is 7.85. The molecule has 1 fully saturated rings. The normalized spacial score (nSPS) is 20.6. The third-order valence-corrected chi connectivity index (χ3v) is 4.65. The molecule has 0 spiro atoms. The van der Waals surface area contributed by atoms with Gasteiger partial charge in [0.15, 0.2) is 0 Å². The van der Waals surface area contributed by atoms with Crippen molar-refractivity contribution in [3.05, 3.63) is 40.3 Å². The molecule has 18 heavy (non-hydrogen) atoms. The average Bonchev–Trinajstić information content (AvgIpc) is 3.07. The summed E-state index contributed by atoms with van der Waals surface area (Å²) >= 11 is 1.89. The Bertz CT molecular complexity index is 489. The van der Waals surface area contributed by atoms with Crippen molar-refractivity contribution >= 4 is 11.3 Å². The highest BCUT2D eigenvalue weighted by Crippen LogP contribution is 2.34. The topological polar surface area (TPSA) is 21.1 Å². The van der Waals surface area contributed by atoms with E-state index in [1.807, 2.05) is 29.3 Å². The molecular formula is C14H19N3S. The Labute approximate surface area is 112 Å². The lowest BCUT2D eigenvalue weighted by atomic mass is 10.1. The fraction of sp³-hybridized carbons (Fsp3) is 0.500. The molecule has 2 aromatic rings. The van der Waals surface area contributed by atoms with Crippen LogP contribution in [0.3, 0.4) is 0 Å². The molecule has 0 bridgehead atoms. The number of hydrogen-bond acceptors (Lipinski definition) is 3. The molecule has 3 rings (SSSR count). The Kier molecular flexibility index (Phi) is 3.48. The van der Waals surface area contributed by atoms with Crippen LogP contribution in [0.5, 0.6) is 0 Å². The number of nitrogens with zero attached hydrogens (tertiary/aromatic N) is 3. The first-order valence-electron chi connectivity index (χ1n) is 6.58. The lowest BCUT2D eigenvalue weighted by Gasteiger charge is -2.23. The number of rotatable bonds is 4. The van der Waals surface area contributed by atoms with Gasteiger partial charge in [0.05, 0.1) is 6.20 Å². The van der Waals surface area contributed by atoms with Crippen molar-refractivity contribution in [2.75, 3.05) is 13.1 Å². The van der Waals surface area contributed by atoms with Crippen molar-refractivity contribution in [1.82, 2.24) is 14.7 Å². The zero-order valence-corrected chi connectivity index (χ0v) is 11.6. The molecule has 1 aliphatic rings. The van der Waals surface area contributed by atoms with E-state index in [2.05, 4.69) is 33.7 Å². The van der Waals surface area contributed by atoms with E-state index < -0.39 is 0 Å². The number of likely N-dealkylation sites (tertiary alicyclic amines) is 1. The van der Waals surface area contributed by atoms with Gasteiger partial charge in [-0.15, -0.1) is 11.3 Å². The number of aryl methyl sites for hydroxylation is 1. The first-order valence-corrected chi connectivity index (χ1v) is 7.46. The van der Waals surface area contributed by atoms with E-state index in [4.69, 9.17) is 0 Å². The quantitative estimate of drug-likeness (QED) is 0.844. The van der Waals surface area contributed by atoms with Crippen molar-refractivity contribution in [3.8, 4) is 0 Å². The number of thiophene rings is 1. The van der Waals surface area contributed by atoms with Crippen LogP contribution in [-0.4, -0.2) is 27.8 Å². The summed E-state index contributed by atoms with van der Waals surface area (Å²) in [5.41, 5.74) is 1.34. The van der Waals surface area contributed by atoms with Crippen LogP contribution in [0.1, 0.15) is 29.3 Å². The van der Waals surface area contributed by atoms with E-state index in [0.717, 1.165) is 13.0 Å². The highest BCUT2D eigenvalue weighted by atomic mass is 32.1. The summed E-state index contributed by atoms with van der Waals surface area (Å²) in [5.74, 6) is 0. The van der Waals surface area contributed by atoms with Crippen molar-refractivity contribution < 1.29 is 0 Å². The van der Waals surface area contributed by atoms with Crippen LogP contribution in [0.2, 0.25) is 0 Å². The standard InChI is InChI=1S/C14H19N3S/c1-16-11-12(10-15-16)6-8-17-7-2-4-13(17)14-5-3-9-18-14/h3,5,9-11,13H,2,4,6-8H2,1H3/t13-/m0/s1. The van der Waals surface area contributed by atoms with E-state index >= 15 is 0 Å². The fourth-order valence-electron chi connectivity index (χ4n) is 2.77. The molecule has 4 heteroatoms. The summed E-state index contributed by atoms with van der Waals surface area (Å²) in [6, 6.07) is 5.09. The SMILES string of the molecule is Cn1cc(CCN2CCC[C@H]2c2cccs2)cn1. The largest absolute Gasteiger partial charge is 0.295 e. The molecule has 0 saturated carbocycles. The zero-order valence-electron chi connectivity index (χ0n) is 10.7. The first-order chi connectivity index (χ1) is 8.83. The van der Waals surface area contributed by atoms with Gasteiger partial charge in [0, 0.05) is 30.7 Å². The molecule has 96 valence electrons. The second-order valence-electron chi connectivity index (χ2n) is 4.98. The Morgan fingerprint density at radius 2 is 2.44 bits per heavy atom. The summed E-state index contributed by atoms with van der Waals surface area (Å²) < 4.78 is 1.88. The molecule has 1 aliphatic heterocycles. The maximum atomic E-state index is 4.23. The number of aromatic nitrogens is 2. The van der Waals surface area contributed by atoms with Crippen molar-refractivity contribution in [1.29, 1.82) is 0 Å². The Balaban J connectivity index is 1.62. The second-order valence-corrected chi connectivity index (χ2v) is 5.96. The lowest BCUT2D eigenvalue weighted by Crippen LogP contribution is -2.25. The van der Waals surface area contributed by atoms with Crippen LogP contribution in [-0.2, 0) is 13.5 Å². The summed E-state index contributed by atoms with van der Waals surface area (Å²) in [6.45, 7) is 2.39. The Morgan fingerprint density at radius 1 is 1.50 bits per heavy atom. The highest BCUT2D eigenvalue weighted by Gasteiger charge is 2.26. The molecule has 0 radical (unpaired) electrons. The molecule has 0 aromatic carbocycles. The Morgan fingerprint density at radius 3 is 3.17 bits per heavy atom. The van der Waals surface area contributed by atoms with Crippen molar-refractivity contribution in [2.24, 2.45) is 7.05 Å². The van der Waals surface area contributed by atoms with Gasteiger partial charge >= 0.3 is 0 Å². The third-order valence-electron chi connectivity index (χ3n) is 3.68. The maximum absolute atomic E-state index is 4.23. The van der Waals surface area contributed by atoms with Crippen molar-refractivity contribution in [2.45, 2.75) is 25.3 Å². The molecule has 3 heterocycles. The molecule has 0 N–H and O–H groups in total. The molecule has 1 saturated heterocycles. The van der Waals surface area contributed by atoms with E-state index in [1.165, 1.54) is 29.8 Å². The first kappa shape index (κ1) is 11.9. The van der Waals surface area contributed by atoms with Crippen LogP contribution < -0.4 is 0 Å². The fourth-order valence-corrected chi connectivity index (χ4v) is 3.67. The molecule has 0 aliphatic carbocycles. The average molecular weight is 261 g/mol. The maximum Gasteiger partial charge on any atom is 0.0522 e. The van der Waals surface area contributed by atoms with Gasteiger partial charge in [0.1, 0.15) is 0 Å². The predicted molar refractivity (Wildman–Crippen MR) is 74.8 cm³/mol. The highest BCUT2D eigenvalue weighted by molar-refractivity contribution is 7.10. The smallest absolute Gasteiger partial charge is 0.0522 e. The van der Waals surface area contributed by atoms with Gasteiger partial charge in [-0.1, -0.05) is 6.07 Å². The van der Waals surface area contributed by atoms with Gasteiger partial charge < -0.3 is 0 Å².